The summed E-state index contributed by atoms with van der Waals surface area (Å²) in [5, 5.41) is 6.09. The predicted molar refractivity (Wildman–Crippen MR) is 117 cm³/mol. The molecular formula is C19H24Cl2N6O2. The Bertz CT molecular complexity index is 882. The molecular weight excluding hydrogens is 415 g/mol. The lowest BCUT2D eigenvalue weighted by Crippen LogP contribution is -2.35. The van der Waals surface area contributed by atoms with Gasteiger partial charge in [0, 0.05) is 31.9 Å². The van der Waals surface area contributed by atoms with E-state index in [2.05, 4.69) is 37.3 Å². The minimum absolute atomic E-state index is 0.176. The van der Waals surface area contributed by atoms with Crippen LogP contribution in [0.15, 0.2) is 24.4 Å². The number of anilines is 3. The molecule has 3 rings (SSSR count). The average Bonchev–Trinajstić information content (AvgIpc) is 3.19. The monoisotopic (exact) mass is 438 g/mol. The summed E-state index contributed by atoms with van der Waals surface area (Å²) in [6.07, 6.45) is 2.60. The van der Waals surface area contributed by atoms with Gasteiger partial charge in [0.2, 0.25) is 5.95 Å². The molecule has 1 aliphatic heterocycles. The molecule has 2 aromatic rings. The fourth-order valence-corrected chi connectivity index (χ4v) is 3.54. The maximum Gasteiger partial charge on any atom is 0.326 e. The molecule has 0 aliphatic carbocycles. The molecule has 1 unspecified atom stereocenters. The quantitative estimate of drug-likeness (QED) is 0.709. The number of nitrogens with zero attached hydrogens (tertiary/aromatic N) is 4. The largest absolute Gasteiger partial charge is 0.491 e. The Hall–Kier alpha value is -2.29. The molecule has 1 aromatic carbocycles. The first-order valence-corrected chi connectivity index (χ1v) is 10.1. The zero-order valence-electron chi connectivity index (χ0n) is 16.6. The molecule has 1 saturated heterocycles. The highest BCUT2D eigenvalue weighted by molar-refractivity contribution is 6.42. The fourth-order valence-electron chi connectivity index (χ4n) is 3.24. The van der Waals surface area contributed by atoms with Gasteiger partial charge in [0.1, 0.15) is 0 Å². The Morgan fingerprint density at radius 2 is 2.14 bits per heavy atom. The zero-order chi connectivity index (χ0) is 21.0. The van der Waals surface area contributed by atoms with Gasteiger partial charge in [-0.3, -0.25) is 5.32 Å². The van der Waals surface area contributed by atoms with E-state index in [1.165, 1.54) is 0 Å². The Kier molecular flexibility index (Phi) is 7.00. The summed E-state index contributed by atoms with van der Waals surface area (Å²) < 4.78 is 5.42. The minimum Gasteiger partial charge on any atom is -0.491 e. The number of carbonyl (C=O) groups excluding carboxylic acids is 1. The molecule has 1 fully saturated rings. The lowest BCUT2D eigenvalue weighted by molar-refractivity contribution is 0.262. The fraction of sp³-hybridized carbons (Fsp3) is 0.421. The van der Waals surface area contributed by atoms with Crippen LogP contribution in [0.5, 0.6) is 5.75 Å². The van der Waals surface area contributed by atoms with E-state index in [1.54, 1.807) is 31.5 Å². The van der Waals surface area contributed by atoms with Crippen LogP contribution in [-0.4, -0.2) is 60.7 Å². The van der Waals surface area contributed by atoms with Crippen molar-refractivity contribution in [3.05, 3.63) is 34.4 Å². The van der Waals surface area contributed by atoms with Gasteiger partial charge in [-0.1, -0.05) is 30.1 Å². The summed E-state index contributed by atoms with van der Waals surface area (Å²) in [7, 11) is 3.56. The molecule has 0 bridgehead atoms. The summed E-state index contributed by atoms with van der Waals surface area (Å²) >= 11 is 11.9. The summed E-state index contributed by atoms with van der Waals surface area (Å²) in [6, 6.07) is 4.66. The van der Waals surface area contributed by atoms with Crippen molar-refractivity contribution in [1.29, 1.82) is 0 Å². The molecule has 8 nitrogen and oxygen atoms in total. The molecule has 156 valence electrons. The van der Waals surface area contributed by atoms with E-state index >= 15 is 0 Å². The van der Waals surface area contributed by atoms with Gasteiger partial charge in [-0.2, -0.15) is 4.98 Å². The third-order valence-corrected chi connectivity index (χ3v) is 5.67. The number of aromatic nitrogens is 2. The average molecular weight is 439 g/mol. The van der Waals surface area contributed by atoms with Crippen molar-refractivity contribution >= 4 is 46.7 Å². The van der Waals surface area contributed by atoms with Crippen LogP contribution in [0.4, 0.5) is 22.2 Å². The number of carbonyl (C=O) groups is 1. The summed E-state index contributed by atoms with van der Waals surface area (Å²) in [5.74, 6) is 1.36. The number of halogens is 2. The molecule has 1 atom stereocenters. The third-order valence-electron chi connectivity index (χ3n) is 4.94. The first-order chi connectivity index (χ1) is 13.9. The van der Waals surface area contributed by atoms with Crippen molar-refractivity contribution in [1.82, 2.24) is 14.9 Å². The number of hydrogen-bond donors (Lipinski definition) is 2. The normalized spacial score (nSPS) is 16.5. The second-order valence-corrected chi connectivity index (χ2v) is 7.55. The molecule has 1 aliphatic rings. The standard InChI is InChI=1S/C19H24Cl2N6O2/c1-4-27-8-7-13(11-27)26(2)17-16(29-3)10-22-18(24-17)25-19(28)23-12-5-6-14(20)15(21)9-12/h5-6,9-10,13H,4,7-8,11H2,1-3H3,(H2,22,23,24,25,28). The van der Waals surface area contributed by atoms with Gasteiger partial charge in [-0.15, -0.1) is 0 Å². The van der Waals surface area contributed by atoms with Crippen LogP contribution in [0, 0.1) is 0 Å². The van der Waals surface area contributed by atoms with Crippen LogP contribution in [0.1, 0.15) is 13.3 Å². The van der Waals surface area contributed by atoms with E-state index in [1.807, 2.05) is 7.05 Å². The van der Waals surface area contributed by atoms with Gasteiger partial charge in [0.05, 0.1) is 23.4 Å². The van der Waals surface area contributed by atoms with Gasteiger partial charge in [0.15, 0.2) is 11.6 Å². The zero-order valence-corrected chi connectivity index (χ0v) is 18.1. The first-order valence-electron chi connectivity index (χ1n) is 9.30. The Labute approximate surface area is 180 Å². The minimum atomic E-state index is -0.486. The van der Waals surface area contributed by atoms with E-state index < -0.39 is 6.03 Å². The number of benzene rings is 1. The second-order valence-electron chi connectivity index (χ2n) is 6.74. The number of likely N-dealkylation sites (tertiary alicyclic amines) is 1. The summed E-state index contributed by atoms with van der Waals surface area (Å²) in [6.45, 7) is 5.19. The van der Waals surface area contributed by atoms with Crippen LogP contribution < -0.4 is 20.3 Å². The predicted octanol–water partition coefficient (Wildman–Crippen LogP) is 3.97. The highest BCUT2D eigenvalue weighted by atomic mass is 35.5. The molecule has 10 heteroatoms. The number of rotatable bonds is 6. The topological polar surface area (TPSA) is 82.6 Å². The van der Waals surface area contributed by atoms with Crippen molar-refractivity contribution in [3.8, 4) is 5.75 Å². The van der Waals surface area contributed by atoms with Crippen molar-refractivity contribution < 1.29 is 9.53 Å². The first kappa shape index (κ1) is 21.4. The van der Waals surface area contributed by atoms with E-state index in [0.717, 1.165) is 26.1 Å². The Morgan fingerprint density at radius 3 is 2.79 bits per heavy atom. The SMILES string of the molecule is CCN1CCC(N(C)c2nc(NC(=O)Nc3ccc(Cl)c(Cl)c3)ncc2OC)C1. The molecule has 29 heavy (non-hydrogen) atoms. The van der Waals surface area contributed by atoms with Crippen molar-refractivity contribution in [2.75, 3.05) is 49.3 Å². The number of hydrogen-bond acceptors (Lipinski definition) is 6. The van der Waals surface area contributed by atoms with Crippen LogP contribution in [0.25, 0.3) is 0 Å². The number of likely N-dealkylation sites (N-methyl/N-ethyl adjacent to an activating group) is 2. The number of methoxy groups -OCH3 is 1. The molecule has 0 spiro atoms. The van der Waals surface area contributed by atoms with E-state index in [0.29, 0.717) is 33.3 Å². The Morgan fingerprint density at radius 1 is 1.34 bits per heavy atom. The summed E-state index contributed by atoms with van der Waals surface area (Å²) in [4.78, 5) is 25.5. The van der Waals surface area contributed by atoms with Crippen LogP contribution in [0.3, 0.4) is 0 Å². The lowest BCUT2D eigenvalue weighted by atomic mass is 10.2. The molecule has 0 radical (unpaired) electrons. The Balaban J connectivity index is 1.72. The highest BCUT2D eigenvalue weighted by Gasteiger charge is 2.27. The van der Waals surface area contributed by atoms with Crippen LogP contribution >= 0.6 is 23.2 Å². The number of urea groups is 1. The maximum atomic E-state index is 12.3. The molecule has 2 amide bonds. The highest BCUT2D eigenvalue weighted by Crippen LogP contribution is 2.29. The van der Waals surface area contributed by atoms with Crippen LogP contribution in [0.2, 0.25) is 10.0 Å². The molecule has 2 N–H and O–H groups in total. The van der Waals surface area contributed by atoms with Gasteiger partial charge >= 0.3 is 6.03 Å². The molecule has 2 heterocycles. The second kappa shape index (κ2) is 9.47. The van der Waals surface area contributed by atoms with Gasteiger partial charge < -0.3 is 19.9 Å². The lowest BCUT2D eigenvalue weighted by Gasteiger charge is -2.27. The third kappa shape index (κ3) is 5.20. The van der Waals surface area contributed by atoms with Gasteiger partial charge in [-0.05, 0) is 31.2 Å². The van der Waals surface area contributed by atoms with Gasteiger partial charge in [-0.25, -0.2) is 9.78 Å². The maximum absolute atomic E-state index is 12.3. The number of amides is 2. The van der Waals surface area contributed by atoms with E-state index in [4.69, 9.17) is 27.9 Å². The van der Waals surface area contributed by atoms with Crippen molar-refractivity contribution in [2.24, 2.45) is 0 Å². The number of ether oxygens (including phenoxy) is 1. The number of nitrogens with one attached hydrogen (secondary N) is 2. The molecule has 1 aromatic heterocycles. The van der Waals surface area contributed by atoms with Gasteiger partial charge in [0.25, 0.3) is 0 Å². The smallest absolute Gasteiger partial charge is 0.326 e. The van der Waals surface area contributed by atoms with E-state index in [9.17, 15) is 4.79 Å². The van der Waals surface area contributed by atoms with Crippen molar-refractivity contribution in [3.63, 3.8) is 0 Å². The molecule has 0 saturated carbocycles. The van der Waals surface area contributed by atoms with Crippen molar-refractivity contribution in [2.45, 2.75) is 19.4 Å². The van der Waals surface area contributed by atoms with E-state index in [-0.39, 0.29) is 5.95 Å². The summed E-state index contributed by atoms with van der Waals surface area (Å²) in [5.41, 5.74) is 0.508. The van der Waals surface area contributed by atoms with Crippen LogP contribution in [-0.2, 0) is 0 Å².